The molecule has 0 bridgehead atoms. The monoisotopic (exact) mass is 384 g/mol. The summed E-state index contributed by atoms with van der Waals surface area (Å²) < 4.78 is 35.9. The van der Waals surface area contributed by atoms with Gasteiger partial charge in [0.1, 0.15) is 11.6 Å². The predicted octanol–water partition coefficient (Wildman–Crippen LogP) is 3.98. The van der Waals surface area contributed by atoms with Crippen LogP contribution in [-0.2, 0) is 13.1 Å². The summed E-state index contributed by atoms with van der Waals surface area (Å²) in [5.74, 6) is 0.176. The molecule has 0 saturated heterocycles. The molecule has 9 heteroatoms. The van der Waals surface area contributed by atoms with Gasteiger partial charge in [-0.15, -0.1) is 0 Å². The molecule has 0 unspecified atom stereocenters. The zero-order chi connectivity index (χ0) is 18.6. The van der Waals surface area contributed by atoms with Gasteiger partial charge >= 0.3 is 0 Å². The molecule has 136 valence electrons. The highest BCUT2D eigenvalue weighted by Gasteiger charge is 2.13. The average Bonchev–Trinajstić information content (AvgIpc) is 3.13. The van der Waals surface area contributed by atoms with Crippen molar-refractivity contribution < 1.29 is 8.78 Å². The van der Waals surface area contributed by atoms with Crippen molar-refractivity contribution >= 4 is 34.7 Å². The number of halogens is 2. The van der Waals surface area contributed by atoms with E-state index in [1.165, 1.54) is 12.1 Å². The number of hydrogen-bond acceptors (Lipinski definition) is 7. The first kappa shape index (κ1) is 17.2. The van der Waals surface area contributed by atoms with Crippen molar-refractivity contribution in [2.75, 3.05) is 10.6 Å². The maximum absolute atomic E-state index is 13.9. The SMILES string of the molecule is Fc1ccccc1CNc1nc2nsnc2nc1NCc1ccccc1F. The molecule has 4 aromatic rings. The lowest BCUT2D eigenvalue weighted by Gasteiger charge is -2.12. The Morgan fingerprint density at radius 1 is 0.704 bits per heavy atom. The molecule has 0 aliphatic carbocycles. The molecule has 6 nitrogen and oxygen atoms in total. The van der Waals surface area contributed by atoms with Gasteiger partial charge in [-0.05, 0) is 12.1 Å². The summed E-state index contributed by atoms with van der Waals surface area (Å²) in [6.45, 7) is 0.442. The van der Waals surface area contributed by atoms with Crippen molar-refractivity contribution in [2.24, 2.45) is 0 Å². The summed E-state index contributed by atoms with van der Waals surface area (Å²) in [5, 5.41) is 6.14. The number of fused-ring (bicyclic) bond motifs is 1. The Morgan fingerprint density at radius 3 is 1.59 bits per heavy atom. The van der Waals surface area contributed by atoms with Crippen LogP contribution in [0.15, 0.2) is 48.5 Å². The Morgan fingerprint density at radius 2 is 1.15 bits per heavy atom. The van der Waals surface area contributed by atoms with Crippen LogP contribution in [0.4, 0.5) is 20.4 Å². The fourth-order valence-electron chi connectivity index (χ4n) is 2.53. The molecule has 27 heavy (non-hydrogen) atoms. The van der Waals surface area contributed by atoms with Gasteiger partial charge in [0.05, 0.1) is 11.7 Å². The molecular formula is C18H14F2N6S. The highest BCUT2D eigenvalue weighted by atomic mass is 32.1. The molecule has 0 radical (unpaired) electrons. The van der Waals surface area contributed by atoms with Crippen LogP contribution >= 0.6 is 11.7 Å². The van der Waals surface area contributed by atoms with Crippen molar-refractivity contribution in [2.45, 2.75) is 13.1 Å². The number of hydrogen-bond donors (Lipinski definition) is 2. The summed E-state index contributed by atoms with van der Waals surface area (Å²) in [7, 11) is 0. The molecule has 0 amide bonds. The van der Waals surface area contributed by atoms with Crippen molar-refractivity contribution in [3.05, 3.63) is 71.3 Å². The van der Waals surface area contributed by atoms with E-state index < -0.39 is 0 Å². The van der Waals surface area contributed by atoms with Crippen molar-refractivity contribution in [3.8, 4) is 0 Å². The quantitative estimate of drug-likeness (QED) is 0.524. The zero-order valence-electron chi connectivity index (χ0n) is 14.0. The van der Waals surface area contributed by atoms with E-state index in [1.54, 1.807) is 36.4 Å². The van der Waals surface area contributed by atoms with Crippen LogP contribution in [0.1, 0.15) is 11.1 Å². The zero-order valence-corrected chi connectivity index (χ0v) is 14.8. The van der Waals surface area contributed by atoms with Crippen LogP contribution in [0.5, 0.6) is 0 Å². The largest absolute Gasteiger partial charge is 0.363 e. The first-order valence-corrected chi connectivity index (χ1v) is 8.88. The smallest absolute Gasteiger partial charge is 0.214 e. The third-order valence-electron chi connectivity index (χ3n) is 3.92. The van der Waals surface area contributed by atoms with E-state index >= 15 is 0 Å². The van der Waals surface area contributed by atoms with E-state index in [4.69, 9.17) is 0 Å². The highest BCUT2D eigenvalue weighted by Crippen LogP contribution is 2.22. The number of nitrogens with zero attached hydrogens (tertiary/aromatic N) is 4. The van der Waals surface area contributed by atoms with Gasteiger partial charge in [0, 0.05) is 24.2 Å². The normalized spacial score (nSPS) is 10.9. The number of anilines is 2. The van der Waals surface area contributed by atoms with Crippen LogP contribution in [0.25, 0.3) is 11.3 Å². The summed E-state index contributed by atoms with van der Waals surface area (Å²) in [5.41, 5.74) is 1.78. The Balaban J connectivity index is 1.59. The number of nitrogens with one attached hydrogen (secondary N) is 2. The van der Waals surface area contributed by atoms with Crippen molar-refractivity contribution in [1.29, 1.82) is 0 Å². The molecule has 4 rings (SSSR count). The lowest BCUT2D eigenvalue weighted by Crippen LogP contribution is -2.10. The molecule has 0 aliphatic rings. The molecule has 2 heterocycles. The van der Waals surface area contributed by atoms with Gasteiger partial charge in [-0.3, -0.25) is 0 Å². The van der Waals surface area contributed by atoms with Gasteiger partial charge < -0.3 is 10.6 Å². The first-order chi connectivity index (χ1) is 13.2. The van der Waals surface area contributed by atoms with E-state index in [0.29, 0.717) is 34.1 Å². The van der Waals surface area contributed by atoms with Crippen molar-refractivity contribution in [3.63, 3.8) is 0 Å². The Kier molecular flexibility index (Phi) is 4.84. The summed E-state index contributed by atoms with van der Waals surface area (Å²) in [6, 6.07) is 12.9. The minimum absolute atomic E-state index is 0.221. The molecule has 0 aliphatic heterocycles. The predicted molar refractivity (Wildman–Crippen MR) is 100 cm³/mol. The molecule has 0 saturated carbocycles. The molecule has 0 spiro atoms. The molecule has 2 N–H and O–H groups in total. The summed E-state index contributed by atoms with van der Waals surface area (Å²) in [6.07, 6.45) is 0. The van der Waals surface area contributed by atoms with E-state index in [2.05, 4.69) is 29.3 Å². The standard InChI is InChI=1S/C18H14F2N6S/c19-13-7-3-1-5-11(13)9-21-15-16(24-18-17(23-15)25-27-26-18)22-10-12-6-2-4-8-14(12)20/h1-8H,9-10H2,(H,21,23,25)(H,22,24,26). The van der Waals surface area contributed by atoms with Crippen LogP contribution in [-0.4, -0.2) is 18.7 Å². The van der Waals surface area contributed by atoms with Gasteiger partial charge in [-0.1, -0.05) is 36.4 Å². The lowest BCUT2D eigenvalue weighted by molar-refractivity contribution is 0.612. The molecule has 0 fully saturated rings. The summed E-state index contributed by atoms with van der Waals surface area (Å²) in [4.78, 5) is 8.80. The van der Waals surface area contributed by atoms with E-state index in [9.17, 15) is 8.78 Å². The van der Waals surface area contributed by atoms with E-state index in [1.807, 2.05) is 0 Å². The third kappa shape index (κ3) is 3.82. The number of aromatic nitrogens is 4. The summed E-state index contributed by atoms with van der Waals surface area (Å²) >= 11 is 1.00. The Labute approximate surface area is 157 Å². The second kappa shape index (κ2) is 7.58. The minimum atomic E-state index is -0.310. The van der Waals surface area contributed by atoms with Gasteiger partial charge in [0.2, 0.25) is 11.3 Å². The van der Waals surface area contributed by atoms with Gasteiger partial charge in [-0.25, -0.2) is 18.7 Å². The van der Waals surface area contributed by atoms with Gasteiger partial charge in [-0.2, -0.15) is 8.75 Å². The fraction of sp³-hybridized carbons (Fsp3) is 0.111. The number of rotatable bonds is 6. The second-order valence-electron chi connectivity index (χ2n) is 5.72. The minimum Gasteiger partial charge on any atom is -0.363 e. The van der Waals surface area contributed by atoms with Crippen LogP contribution in [0.2, 0.25) is 0 Å². The van der Waals surface area contributed by atoms with Crippen molar-refractivity contribution in [1.82, 2.24) is 18.7 Å². The maximum Gasteiger partial charge on any atom is 0.214 e. The maximum atomic E-state index is 13.9. The fourth-order valence-corrected chi connectivity index (χ4v) is 2.97. The average molecular weight is 384 g/mol. The van der Waals surface area contributed by atoms with Crippen LogP contribution in [0, 0.1) is 11.6 Å². The molecule has 2 aromatic heterocycles. The Hall–Kier alpha value is -3.20. The topological polar surface area (TPSA) is 75.6 Å². The third-order valence-corrected chi connectivity index (χ3v) is 4.43. The van der Waals surface area contributed by atoms with Crippen LogP contribution < -0.4 is 10.6 Å². The second-order valence-corrected chi connectivity index (χ2v) is 6.25. The van der Waals surface area contributed by atoms with E-state index in [-0.39, 0.29) is 24.7 Å². The Bertz CT molecular complexity index is 1000. The lowest BCUT2D eigenvalue weighted by atomic mass is 10.2. The molecule has 2 aromatic carbocycles. The number of benzene rings is 2. The highest BCUT2D eigenvalue weighted by molar-refractivity contribution is 6.99. The van der Waals surface area contributed by atoms with Gasteiger partial charge in [0.15, 0.2) is 11.6 Å². The van der Waals surface area contributed by atoms with E-state index in [0.717, 1.165) is 11.7 Å². The van der Waals surface area contributed by atoms with Crippen LogP contribution in [0.3, 0.4) is 0 Å². The molecule has 0 atom stereocenters. The van der Waals surface area contributed by atoms with Gasteiger partial charge in [0.25, 0.3) is 0 Å². The first-order valence-electron chi connectivity index (χ1n) is 8.15. The molecular weight excluding hydrogens is 370 g/mol.